The zero-order chi connectivity index (χ0) is 11.1. The number of oxazole rings is 1. The lowest BCUT2D eigenvalue weighted by atomic mass is 10.1. The second kappa shape index (κ2) is 3.13. The second-order valence-corrected chi connectivity index (χ2v) is 3.62. The van der Waals surface area contributed by atoms with Gasteiger partial charge in [-0.2, -0.15) is 4.98 Å². The minimum absolute atomic E-state index is 0.202. The highest BCUT2D eigenvalue weighted by Gasteiger charge is 2.10. The molecule has 1 aromatic heterocycles. The van der Waals surface area contributed by atoms with Gasteiger partial charge in [0.2, 0.25) is 0 Å². The van der Waals surface area contributed by atoms with E-state index in [1.54, 1.807) is 0 Å². The Bertz CT molecular complexity index is 672. The van der Waals surface area contributed by atoms with Gasteiger partial charge in [-0.1, -0.05) is 24.3 Å². The van der Waals surface area contributed by atoms with Crippen LogP contribution in [0.15, 0.2) is 34.7 Å². The van der Waals surface area contributed by atoms with E-state index < -0.39 is 0 Å². The number of aromatic nitrogens is 1. The maximum Gasteiger partial charge on any atom is 0.293 e. The van der Waals surface area contributed by atoms with E-state index >= 15 is 0 Å². The van der Waals surface area contributed by atoms with Crippen molar-refractivity contribution in [1.29, 1.82) is 0 Å². The van der Waals surface area contributed by atoms with Crippen molar-refractivity contribution in [2.75, 3.05) is 18.1 Å². The number of anilines is 2. The molecule has 80 valence electrons. The third kappa shape index (κ3) is 1.13. The van der Waals surface area contributed by atoms with Gasteiger partial charge in [0.05, 0.1) is 0 Å². The van der Waals surface area contributed by atoms with E-state index in [1.165, 1.54) is 0 Å². The van der Waals surface area contributed by atoms with Crippen LogP contribution in [0.3, 0.4) is 0 Å². The third-order valence-electron chi connectivity index (χ3n) is 2.69. The number of benzene rings is 2. The van der Waals surface area contributed by atoms with Crippen molar-refractivity contribution in [3.05, 3.63) is 30.3 Å². The molecular formula is C12H11N3O. The average molecular weight is 213 g/mol. The van der Waals surface area contributed by atoms with Crippen molar-refractivity contribution in [1.82, 2.24) is 4.98 Å². The summed E-state index contributed by atoms with van der Waals surface area (Å²) in [4.78, 5) is 4.20. The molecule has 0 spiro atoms. The van der Waals surface area contributed by atoms with Gasteiger partial charge in [0.15, 0.2) is 5.58 Å². The molecule has 0 amide bonds. The van der Waals surface area contributed by atoms with Crippen molar-refractivity contribution in [3.63, 3.8) is 0 Å². The van der Waals surface area contributed by atoms with Crippen molar-refractivity contribution in [2.24, 2.45) is 0 Å². The molecule has 0 aliphatic carbocycles. The Morgan fingerprint density at radius 1 is 1.25 bits per heavy atom. The molecule has 1 heterocycles. The molecule has 0 saturated heterocycles. The van der Waals surface area contributed by atoms with Crippen molar-refractivity contribution in [3.8, 4) is 0 Å². The van der Waals surface area contributed by atoms with Crippen molar-refractivity contribution < 1.29 is 4.42 Å². The molecule has 0 fully saturated rings. The molecule has 2 aromatic carbocycles. The maximum atomic E-state index is 5.57. The predicted molar refractivity (Wildman–Crippen MR) is 65.5 cm³/mol. The highest BCUT2D eigenvalue weighted by Crippen LogP contribution is 2.32. The van der Waals surface area contributed by atoms with Crippen LogP contribution < -0.4 is 11.1 Å². The Balaban J connectivity index is 2.56. The topological polar surface area (TPSA) is 64.1 Å². The predicted octanol–water partition coefficient (Wildman–Crippen LogP) is 2.60. The van der Waals surface area contributed by atoms with Crippen LogP contribution in [0, 0.1) is 0 Å². The van der Waals surface area contributed by atoms with E-state index in [1.807, 2.05) is 37.4 Å². The fraction of sp³-hybridized carbons (Fsp3) is 0.0833. The first kappa shape index (κ1) is 9.03. The van der Waals surface area contributed by atoms with Crippen LogP contribution in [0.25, 0.3) is 21.9 Å². The van der Waals surface area contributed by atoms with Crippen LogP contribution in [0.2, 0.25) is 0 Å². The quantitative estimate of drug-likeness (QED) is 0.652. The monoisotopic (exact) mass is 213 g/mol. The lowest BCUT2D eigenvalue weighted by Gasteiger charge is -2.05. The summed E-state index contributed by atoms with van der Waals surface area (Å²) >= 11 is 0. The molecule has 0 aliphatic heterocycles. The van der Waals surface area contributed by atoms with Gasteiger partial charge in [-0.3, -0.25) is 0 Å². The molecule has 3 aromatic rings. The van der Waals surface area contributed by atoms with Crippen LogP contribution in [0.1, 0.15) is 0 Å². The fourth-order valence-corrected chi connectivity index (χ4v) is 1.98. The molecular weight excluding hydrogens is 202 g/mol. The van der Waals surface area contributed by atoms with Gasteiger partial charge in [0, 0.05) is 29.6 Å². The summed E-state index contributed by atoms with van der Waals surface area (Å²) in [6.07, 6.45) is 0. The molecule has 0 unspecified atom stereocenters. The highest BCUT2D eigenvalue weighted by molar-refractivity contribution is 6.09. The Hall–Kier alpha value is -2.23. The van der Waals surface area contributed by atoms with Crippen LogP contribution >= 0.6 is 0 Å². The number of nitrogen functional groups attached to an aromatic ring is 1. The lowest BCUT2D eigenvalue weighted by Crippen LogP contribution is -1.89. The average Bonchev–Trinajstić information content (AvgIpc) is 2.68. The number of nitrogens with two attached hydrogens (primary N) is 1. The Kier molecular flexibility index (Phi) is 1.77. The standard InChI is InChI=1S/C12H11N3O/c1-14-9-6-10-11(15-12(13)16-10)8-5-3-2-4-7(8)9/h2-6,14H,1H3,(H2,13,15). The van der Waals surface area contributed by atoms with E-state index in [0.717, 1.165) is 22.0 Å². The van der Waals surface area contributed by atoms with E-state index in [2.05, 4.69) is 10.3 Å². The van der Waals surface area contributed by atoms with Crippen molar-refractivity contribution in [2.45, 2.75) is 0 Å². The molecule has 4 nitrogen and oxygen atoms in total. The van der Waals surface area contributed by atoms with Gasteiger partial charge in [0.1, 0.15) is 5.52 Å². The summed E-state index contributed by atoms with van der Waals surface area (Å²) in [6, 6.07) is 10.2. The number of hydrogen-bond acceptors (Lipinski definition) is 4. The van der Waals surface area contributed by atoms with E-state index in [0.29, 0.717) is 5.58 Å². The Morgan fingerprint density at radius 2 is 2.00 bits per heavy atom. The molecule has 0 atom stereocenters. The third-order valence-corrected chi connectivity index (χ3v) is 2.69. The first-order chi connectivity index (χ1) is 7.79. The summed E-state index contributed by atoms with van der Waals surface area (Å²) < 4.78 is 5.35. The minimum Gasteiger partial charge on any atom is -0.424 e. The van der Waals surface area contributed by atoms with E-state index in [-0.39, 0.29) is 6.01 Å². The van der Waals surface area contributed by atoms with Gasteiger partial charge in [-0.05, 0) is 0 Å². The minimum atomic E-state index is 0.202. The normalized spacial score (nSPS) is 11.1. The van der Waals surface area contributed by atoms with Gasteiger partial charge >= 0.3 is 0 Å². The Morgan fingerprint density at radius 3 is 2.75 bits per heavy atom. The van der Waals surface area contributed by atoms with E-state index in [9.17, 15) is 0 Å². The molecule has 4 heteroatoms. The summed E-state index contributed by atoms with van der Waals surface area (Å²) in [7, 11) is 1.88. The van der Waals surface area contributed by atoms with Crippen LogP contribution in [0.5, 0.6) is 0 Å². The molecule has 0 saturated carbocycles. The van der Waals surface area contributed by atoms with E-state index in [4.69, 9.17) is 10.2 Å². The first-order valence-electron chi connectivity index (χ1n) is 5.05. The molecule has 3 N–H and O–H groups in total. The van der Waals surface area contributed by atoms with Gasteiger partial charge in [0.25, 0.3) is 6.01 Å². The Labute approximate surface area is 92.1 Å². The molecule has 0 aliphatic rings. The summed E-state index contributed by atoms with van der Waals surface area (Å²) in [5, 5.41) is 5.31. The fourth-order valence-electron chi connectivity index (χ4n) is 1.98. The number of hydrogen-bond donors (Lipinski definition) is 2. The molecule has 3 rings (SSSR count). The zero-order valence-corrected chi connectivity index (χ0v) is 8.82. The molecule has 0 radical (unpaired) electrons. The lowest BCUT2D eigenvalue weighted by molar-refractivity contribution is 0.626. The largest absolute Gasteiger partial charge is 0.424 e. The van der Waals surface area contributed by atoms with Crippen molar-refractivity contribution >= 4 is 33.6 Å². The first-order valence-corrected chi connectivity index (χ1v) is 5.05. The number of rotatable bonds is 1. The highest BCUT2D eigenvalue weighted by atomic mass is 16.4. The summed E-state index contributed by atoms with van der Waals surface area (Å²) in [5.74, 6) is 0. The van der Waals surface area contributed by atoms with Gasteiger partial charge < -0.3 is 15.5 Å². The number of nitrogens with one attached hydrogen (secondary N) is 1. The van der Waals surface area contributed by atoms with Crippen LogP contribution in [-0.4, -0.2) is 12.0 Å². The summed E-state index contributed by atoms with van der Waals surface area (Å²) in [6.45, 7) is 0. The maximum absolute atomic E-state index is 5.57. The number of nitrogens with zero attached hydrogens (tertiary/aromatic N) is 1. The SMILES string of the molecule is CNc1cc2oc(N)nc2c2ccccc12. The van der Waals surface area contributed by atoms with Gasteiger partial charge in [-0.25, -0.2) is 0 Å². The molecule has 0 bridgehead atoms. The summed E-state index contributed by atoms with van der Waals surface area (Å²) in [5.41, 5.74) is 8.11. The second-order valence-electron chi connectivity index (χ2n) is 3.62. The van der Waals surface area contributed by atoms with Gasteiger partial charge in [-0.15, -0.1) is 0 Å². The van der Waals surface area contributed by atoms with Crippen LogP contribution in [-0.2, 0) is 0 Å². The smallest absolute Gasteiger partial charge is 0.293 e. The number of fused-ring (bicyclic) bond motifs is 3. The molecule has 16 heavy (non-hydrogen) atoms. The van der Waals surface area contributed by atoms with Crippen LogP contribution in [0.4, 0.5) is 11.7 Å². The zero-order valence-electron chi connectivity index (χ0n) is 8.82.